The standard InChI is InChI=1S/C14H17ClN2O/c15-12-3-4-16-13(8-12)17-14(18)7-11-6-9-1-2-10(11)5-9/h3-4,8-11H,1-2,5-7H2,(H,16,17,18). The fraction of sp³-hybridized carbons (Fsp3) is 0.571. The predicted molar refractivity (Wildman–Crippen MR) is 71.4 cm³/mol. The maximum atomic E-state index is 12.0. The third-order valence-corrected chi connectivity index (χ3v) is 4.56. The number of pyridine rings is 1. The molecule has 0 aliphatic heterocycles. The van der Waals surface area contributed by atoms with Crippen molar-refractivity contribution in [1.82, 2.24) is 4.98 Å². The third-order valence-electron chi connectivity index (χ3n) is 4.32. The zero-order chi connectivity index (χ0) is 12.5. The molecule has 0 aromatic carbocycles. The van der Waals surface area contributed by atoms with E-state index in [2.05, 4.69) is 10.3 Å². The minimum atomic E-state index is 0.0716. The molecule has 2 aliphatic rings. The van der Waals surface area contributed by atoms with Crippen molar-refractivity contribution < 1.29 is 4.79 Å². The Labute approximate surface area is 112 Å². The van der Waals surface area contributed by atoms with Crippen LogP contribution in [0, 0.1) is 17.8 Å². The van der Waals surface area contributed by atoms with E-state index in [1.165, 1.54) is 25.7 Å². The molecule has 0 spiro atoms. The molecule has 2 fully saturated rings. The highest BCUT2D eigenvalue weighted by atomic mass is 35.5. The number of fused-ring (bicyclic) bond motifs is 2. The highest BCUT2D eigenvalue weighted by Crippen LogP contribution is 2.49. The maximum Gasteiger partial charge on any atom is 0.225 e. The minimum absolute atomic E-state index is 0.0716. The first kappa shape index (κ1) is 12.0. The number of hydrogen-bond donors (Lipinski definition) is 1. The maximum absolute atomic E-state index is 12.0. The van der Waals surface area contributed by atoms with Crippen LogP contribution in [0.4, 0.5) is 5.82 Å². The van der Waals surface area contributed by atoms with Gasteiger partial charge in [-0.1, -0.05) is 18.0 Å². The quantitative estimate of drug-likeness (QED) is 0.908. The second-order valence-electron chi connectivity index (χ2n) is 5.55. The van der Waals surface area contributed by atoms with Gasteiger partial charge < -0.3 is 5.32 Å². The lowest BCUT2D eigenvalue weighted by Gasteiger charge is -2.20. The summed E-state index contributed by atoms with van der Waals surface area (Å²) in [6.07, 6.45) is 7.51. The molecular weight excluding hydrogens is 248 g/mol. The van der Waals surface area contributed by atoms with Crippen molar-refractivity contribution in [3.8, 4) is 0 Å². The molecule has 1 aromatic heterocycles. The molecule has 3 nitrogen and oxygen atoms in total. The number of anilines is 1. The lowest BCUT2D eigenvalue weighted by molar-refractivity contribution is -0.117. The minimum Gasteiger partial charge on any atom is -0.311 e. The number of carbonyl (C=O) groups excluding carboxylic acids is 1. The number of carbonyl (C=O) groups is 1. The summed E-state index contributed by atoms with van der Waals surface area (Å²) in [5, 5.41) is 3.43. The fourth-order valence-electron chi connectivity index (χ4n) is 3.53. The van der Waals surface area contributed by atoms with Gasteiger partial charge in [-0.15, -0.1) is 0 Å². The normalized spacial score (nSPS) is 29.5. The van der Waals surface area contributed by atoms with Crippen LogP contribution in [-0.4, -0.2) is 10.9 Å². The third kappa shape index (κ3) is 2.51. The summed E-state index contributed by atoms with van der Waals surface area (Å²) in [6, 6.07) is 3.38. The number of aromatic nitrogens is 1. The van der Waals surface area contributed by atoms with Gasteiger partial charge in [-0.2, -0.15) is 0 Å². The van der Waals surface area contributed by atoms with Gasteiger partial charge in [0.2, 0.25) is 5.91 Å². The Morgan fingerprint density at radius 3 is 3.00 bits per heavy atom. The summed E-state index contributed by atoms with van der Waals surface area (Å²) in [5.41, 5.74) is 0. The monoisotopic (exact) mass is 264 g/mol. The Kier molecular flexibility index (Phi) is 3.25. The largest absolute Gasteiger partial charge is 0.311 e. The summed E-state index contributed by atoms with van der Waals surface area (Å²) in [7, 11) is 0. The molecule has 1 amide bonds. The van der Waals surface area contributed by atoms with Crippen molar-refractivity contribution in [2.24, 2.45) is 17.8 Å². The van der Waals surface area contributed by atoms with Crippen LogP contribution in [0.2, 0.25) is 5.02 Å². The van der Waals surface area contributed by atoms with Crippen LogP contribution in [0.5, 0.6) is 0 Å². The van der Waals surface area contributed by atoms with Crippen LogP contribution in [0.1, 0.15) is 32.1 Å². The topological polar surface area (TPSA) is 42.0 Å². The van der Waals surface area contributed by atoms with E-state index in [0.29, 0.717) is 23.2 Å². The van der Waals surface area contributed by atoms with Crippen LogP contribution in [0.25, 0.3) is 0 Å². The zero-order valence-electron chi connectivity index (χ0n) is 10.2. The van der Waals surface area contributed by atoms with Crippen molar-refractivity contribution in [2.75, 3.05) is 5.32 Å². The molecule has 2 bridgehead atoms. The van der Waals surface area contributed by atoms with Crippen molar-refractivity contribution in [2.45, 2.75) is 32.1 Å². The summed E-state index contributed by atoms with van der Waals surface area (Å²) in [6.45, 7) is 0. The Bertz CT molecular complexity index is 463. The molecule has 3 rings (SSSR count). The molecular formula is C14H17ClN2O. The molecule has 0 radical (unpaired) electrons. The smallest absolute Gasteiger partial charge is 0.225 e. The summed E-state index contributed by atoms with van der Waals surface area (Å²) in [4.78, 5) is 16.0. The molecule has 3 atom stereocenters. The number of halogens is 1. The Morgan fingerprint density at radius 1 is 1.44 bits per heavy atom. The SMILES string of the molecule is O=C(CC1CC2CCC1C2)Nc1cc(Cl)ccn1. The lowest BCUT2D eigenvalue weighted by atomic mass is 9.86. The zero-order valence-corrected chi connectivity index (χ0v) is 11.0. The van der Waals surface area contributed by atoms with E-state index in [-0.39, 0.29) is 5.91 Å². The van der Waals surface area contributed by atoms with Crippen molar-refractivity contribution in [3.05, 3.63) is 23.4 Å². The lowest BCUT2D eigenvalue weighted by Crippen LogP contribution is -2.20. The van der Waals surface area contributed by atoms with Gasteiger partial charge in [0, 0.05) is 17.6 Å². The first-order valence-electron chi connectivity index (χ1n) is 6.62. The van der Waals surface area contributed by atoms with Crippen LogP contribution >= 0.6 is 11.6 Å². The number of hydrogen-bond acceptors (Lipinski definition) is 2. The van der Waals surface area contributed by atoms with Gasteiger partial charge in [-0.05, 0) is 49.1 Å². The second kappa shape index (κ2) is 4.88. The fourth-order valence-corrected chi connectivity index (χ4v) is 3.69. The van der Waals surface area contributed by atoms with Gasteiger partial charge in [-0.25, -0.2) is 4.98 Å². The molecule has 1 heterocycles. The van der Waals surface area contributed by atoms with Gasteiger partial charge in [-0.3, -0.25) is 4.79 Å². The first-order valence-corrected chi connectivity index (χ1v) is 7.00. The van der Waals surface area contributed by atoms with Crippen LogP contribution in [0.15, 0.2) is 18.3 Å². The molecule has 4 heteroatoms. The van der Waals surface area contributed by atoms with E-state index in [1.807, 2.05) is 0 Å². The van der Waals surface area contributed by atoms with E-state index in [9.17, 15) is 4.79 Å². The highest BCUT2D eigenvalue weighted by molar-refractivity contribution is 6.30. The summed E-state index contributed by atoms with van der Waals surface area (Å²) in [5.74, 6) is 2.88. The molecule has 3 unspecified atom stereocenters. The van der Waals surface area contributed by atoms with Gasteiger partial charge in [0.15, 0.2) is 0 Å². The average Bonchev–Trinajstić information content (AvgIpc) is 2.90. The molecule has 2 saturated carbocycles. The summed E-state index contributed by atoms with van der Waals surface area (Å²) >= 11 is 5.86. The van der Waals surface area contributed by atoms with Gasteiger partial charge in [0.05, 0.1) is 0 Å². The highest BCUT2D eigenvalue weighted by Gasteiger charge is 2.40. The number of amides is 1. The van der Waals surface area contributed by atoms with Gasteiger partial charge in [0.1, 0.15) is 5.82 Å². The molecule has 96 valence electrons. The van der Waals surface area contributed by atoms with Gasteiger partial charge in [0.25, 0.3) is 0 Å². The van der Waals surface area contributed by atoms with Crippen molar-refractivity contribution >= 4 is 23.3 Å². The Morgan fingerprint density at radius 2 is 2.33 bits per heavy atom. The van der Waals surface area contributed by atoms with E-state index < -0.39 is 0 Å². The Hall–Kier alpha value is -1.09. The van der Waals surface area contributed by atoms with Gasteiger partial charge >= 0.3 is 0 Å². The average molecular weight is 265 g/mol. The Balaban J connectivity index is 1.56. The number of nitrogens with one attached hydrogen (secondary N) is 1. The van der Waals surface area contributed by atoms with Crippen LogP contribution in [0.3, 0.4) is 0 Å². The van der Waals surface area contributed by atoms with Crippen molar-refractivity contribution in [1.29, 1.82) is 0 Å². The molecule has 18 heavy (non-hydrogen) atoms. The van der Waals surface area contributed by atoms with E-state index in [4.69, 9.17) is 11.6 Å². The number of nitrogens with zero attached hydrogens (tertiary/aromatic N) is 1. The molecule has 1 aromatic rings. The van der Waals surface area contributed by atoms with Crippen LogP contribution in [-0.2, 0) is 4.79 Å². The molecule has 2 aliphatic carbocycles. The van der Waals surface area contributed by atoms with E-state index in [0.717, 1.165) is 11.8 Å². The number of rotatable bonds is 3. The van der Waals surface area contributed by atoms with Crippen LogP contribution < -0.4 is 5.32 Å². The predicted octanol–water partition coefficient (Wildman–Crippen LogP) is 3.50. The van der Waals surface area contributed by atoms with Crippen molar-refractivity contribution in [3.63, 3.8) is 0 Å². The van der Waals surface area contributed by atoms with E-state index in [1.54, 1.807) is 18.3 Å². The molecule has 1 N–H and O–H groups in total. The second-order valence-corrected chi connectivity index (χ2v) is 5.98. The summed E-state index contributed by atoms with van der Waals surface area (Å²) < 4.78 is 0. The first-order chi connectivity index (χ1) is 8.70. The van der Waals surface area contributed by atoms with E-state index >= 15 is 0 Å². The molecule has 0 saturated heterocycles.